The molecule has 2 aromatic rings. The molecule has 0 aliphatic heterocycles. The molecule has 0 bridgehead atoms. The summed E-state index contributed by atoms with van der Waals surface area (Å²) in [5.41, 5.74) is 0.437. The Morgan fingerprint density at radius 2 is 1.61 bits per heavy atom. The molecule has 2 aromatic carbocycles. The van der Waals surface area contributed by atoms with Gasteiger partial charge in [0.15, 0.2) is 17.3 Å². The molecule has 0 aliphatic carbocycles. The maximum atomic E-state index is 13.0. The first-order valence-electron chi connectivity index (χ1n) is 9.98. The highest BCUT2D eigenvalue weighted by molar-refractivity contribution is 6.39. The zero-order valence-corrected chi connectivity index (χ0v) is 20.4. The molecule has 0 aromatic heterocycles. The molecule has 0 radical (unpaired) electrons. The van der Waals surface area contributed by atoms with Gasteiger partial charge in [-0.15, -0.1) is 0 Å². The van der Waals surface area contributed by atoms with E-state index in [0.717, 1.165) is 4.42 Å². The van der Waals surface area contributed by atoms with Gasteiger partial charge in [-0.3, -0.25) is 9.59 Å². The number of benzene rings is 2. The van der Waals surface area contributed by atoms with Crippen molar-refractivity contribution in [1.82, 2.24) is 0 Å². The number of Topliss-reactive ketones (excluding diaryl/α,β-unsaturated/α-hetero) is 1. The van der Waals surface area contributed by atoms with Gasteiger partial charge in [-0.25, -0.2) is 4.42 Å². The summed E-state index contributed by atoms with van der Waals surface area (Å²) in [5.74, 6) is 0.110. The van der Waals surface area contributed by atoms with Crippen LogP contribution >= 0.6 is 23.4 Å². The Hall–Kier alpha value is -3.04. The van der Waals surface area contributed by atoms with E-state index in [1.807, 2.05) is 6.92 Å². The van der Waals surface area contributed by atoms with Crippen LogP contribution in [-0.4, -0.2) is 45.2 Å². The third-order valence-electron chi connectivity index (χ3n) is 4.24. The highest BCUT2D eigenvalue weighted by Gasteiger charge is 2.29. The average Bonchev–Trinajstić information content (AvgIpc) is 2.80. The summed E-state index contributed by atoms with van der Waals surface area (Å²) in [6.07, 6.45) is 0. The maximum Gasteiger partial charge on any atom is 0.276 e. The largest absolute Gasteiger partial charge is 0.497 e. The van der Waals surface area contributed by atoms with Crippen LogP contribution in [0.25, 0.3) is 0 Å². The topological polar surface area (TPSA) is 99.0 Å². The molecule has 2 rings (SSSR count). The van der Waals surface area contributed by atoms with Gasteiger partial charge >= 0.3 is 0 Å². The highest BCUT2D eigenvalue weighted by Crippen LogP contribution is 2.41. The van der Waals surface area contributed by atoms with E-state index in [1.54, 1.807) is 19.1 Å². The quantitative estimate of drug-likeness (QED) is 0.234. The second kappa shape index (κ2) is 12.3. The molecule has 0 saturated carbocycles. The molecular formula is C22H25Cl2N3O6. The molecule has 0 saturated heterocycles. The van der Waals surface area contributed by atoms with Crippen LogP contribution in [0.15, 0.2) is 40.6 Å². The number of azo groups is 1. The minimum atomic E-state index is -1.51. The van der Waals surface area contributed by atoms with Gasteiger partial charge in [0, 0.05) is 41.1 Å². The number of rotatable bonds is 11. The number of hydrogen-bond donors (Lipinski definition) is 0. The predicted molar refractivity (Wildman–Crippen MR) is 126 cm³/mol. The minimum absolute atomic E-state index is 0.205. The van der Waals surface area contributed by atoms with Crippen molar-refractivity contribution in [3.63, 3.8) is 0 Å². The summed E-state index contributed by atoms with van der Waals surface area (Å²) >= 11 is 12.4. The molecule has 0 spiro atoms. The van der Waals surface area contributed by atoms with Crippen molar-refractivity contribution in [2.24, 2.45) is 10.2 Å². The Bertz CT molecular complexity index is 1010. The second-order valence-electron chi connectivity index (χ2n) is 6.54. The van der Waals surface area contributed by atoms with Crippen molar-refractivity contribution in [3.05, 3.63) is 35.4 Å². The Kier molecular flexibility index (Phi) is 9.74. The average molecular weight is 498 g/mol. The van der Waals surface area contributed by atoms with Gasteiger partial charge < -0.3 is 18.9 Å². The van der Waals surface area contributed by atoms with Gasteiger partial charge in [0.25, 0.3) is 5.91 Å². The lowest BCUT2D eigenvalue weighted by molar-refractivity contribution is -0.126. The number of methoxy groups -OCH3 is 2. The van der Waals surface area contributed by atoms with Crippen molar-refractivity contribution >= 4 is 46.4 Å². The van der Waals surface area contributed by atoms with Crippen LogP contribution in [0.3, 0.4) is 0 Å². The van der Waals surface area contributed by atoms with Crippen molar-refractivity contribution in [3.8, 4) is 23.0 Å². The van der Waals surface area contributed by atoms with Gasteiger partial charge in [0.2, 0.25) is 6.04 Å². The number of halogens is 2. The molecule has 1 atom stereocenters. The smallest absolute Gasteiger partial charge is 0.276 e. The van der Waals surface area contributed by atoms with Crippen LogP contribution < -0.4 is 23.4 Å². The fraction of sp³-hybridized carbons (Fsp3) is 0.364. The van der Waals surface area contributed by atoms with Crippen LogP contribution in [0, 0.1) is 0 Å². The number of carbonyl (C=O) groups is 2. The van der Waals surface area contributed by atoms with E-state index in [4.69, 9.17) is 42.3 Å². The van der Waals surface area contributed by atoms with E-state index >= 15 is 0 Å². The molecule has 0 aliphatic rings. The Labute approximate surface area is 202 Å². The summed E-state index contributed by atoms with van der Waals surface area (Å²) in [7, 11) is 2.92. The first-order chi connectivity index (χ1) is 15.7. The predicted octanol–water partition coefficient (Wildman–Crippen LogP) is 5.38. The number of amides is 1. The van der Waals surface area contributed by atoms with Crippen molar-refractivity contribution < 1.29 is 28.5 Å². The van der Waals surface area contributed by atoms with E-state index in [1.165, 1.54) is 39.3 Å². The molecule has 0 N–H and O–H groups in total. The molecule has 33 heavy (non-hydrogen) atoms. The lowest BCUT2D eigenvalue weighted by atomic mass is 10.2. The van der Waals surface area contributed by atoms with Gasteiger partial charge in [-0.05, 0) is 26.8 Å². The molecule has 1 amide bonds. The summed E-state index contributed by atoms with van der Waals surface area (Å²) in [6.45, 7) is 5.51. The fourth-order valence-corrected chi connectivity index (χ4v) is 3.14. The maximum absolute atomic E-state index is 13.0. The number of hydrogen-bond acceptors (Lipinski definition) is 8. The van der Waals surface area contributed by atoms with Crippen LogP contribution in [-0.2, 0) is 9.59 Å². The lowest BCUT2D eigenvalue weighted by Crippen LogP contribution is -2.36. The van der Waals surface area contributed by atoms with Crippen molar-refractivity contribution in [2.75, 3.05) is 31.9 Å². The third kappa shape index (κ3) is 6.72. The Morgan fingerprint density at radius 3 is 2.12 bits per heavy atom. The molecule has 0 heterocycles. The normalized spacial score (nSPS) is 11.7. The summed E-state index contributed by atoms with van der Waals surface area (Å²) in [5, 5.41) is 8.35. The molecule has 9 nitrogen and oxygen atoms in total. The Morgan fingerprint density at radius 1 is 1.00 bits per heavy atom. The number of nitrogens with zero attached hydrogens (tertiary/aromatic N) is 3. The van der Waals surface area contributed by atoms with Crippen molar-refractivity contribution in [2.45, 2.75) is 26.8 Å². The minimum Gasteiger partial charge on any atom is -0.497 e. The third-order valence-corrected chi connectivity index (χ3v) is 4.82. The standard InChI is InChI=1S/C22H25Cl2N3O6/c1-6-32-19-9-14(23)8-18(21(19)33-7-2)25-26-20(13(3)28)22(29)27(24)15-10-16(30-4)12-17(11-15)31-5/h8-12,20H,6-7H2,1-5H3. The number of anilines is 1. The number of ketones is 1. The van der Waals surface area contributed by atoms with E-state index < -0.39 is 17.7 Å². The van der Waals surface area contributed by atoms with E-state index in [-0.39, 0.29) is 11.4 Å². The van der Waals surface area contributed by atoms with E-state index in [0.29, 0.717) is 41.2 Å². The first-order valence-corrected chi connectivity index (χ1v) is 10.7. The van der Waals surface area contributed by atoms with Crippen LogP contribution in [0.2, 0.25) is 5.02 Å². The number of ether oxygens (including phenoxy) is 4. The molecular weight excluding hydrogens is 473 g/mol. The molecule has 178 valence electrons. The summed E-state index contributed by atoms with van der Waals surface area (Å²) in [4.78, 5) is 25.3. The van der Waals surface area contributed by atoms with E-state index in [2.05, 4.69) is 10.2 Å². The van der Waals surface area contributed by atoms with Crippen LogP contribution in [0.5, 0.6) is 23.0 Å². The van der Waals surface area contributed by atoms with Crippen LogP contribution in [0.1, 0.15) is 20.8 Å². The molecule has 1 unspecified atom stereocenters. The van der Waals surface area contributed by atoms with Gasteiger partial charge in [0.05, 0.1) is 33.1 Å². The van der Waals surface area contributed by atoms with Crippen LogP contribution in [0.4, 0.5) is 11.4 Å². The molecule has 11 heteroatoms. The van der Waals surface area contributed by atoms with Gasteiger partial charge in [-0.1, -0.05) is 11.6 Å². The highest BCUT2D eigenvalue weighted by atomic mass is 35.5. The monoisotopic (exact) mass is 497 g/mol. The zero-order chi connectivity index (χ0) is 24.5. The lowest BCUT2D eigenvalue weighted by Gasteiger charge is -2.18. The first kappa shape index (κ1) is 26.2. The van der Waals surface area contributed by atoms with Gasteiger partial charge in [0.1, 0.15) is 17.2 Å². The number of carbonyl (C=O) groups excluding carboxylic acids is 2. The van der Waals surface area contributed by atoms with E-state index in [9.17, 15) is 9.59 Å². The Balaban J connectivity index is 2.42. The summed E-state index contributed by atoms with van der Waals surface area (Å²) in [6, 6.07) is 6.21. The SMILES string of the molecule is CCOc1cc(Cl)cc(N=NC(C(C)=O)C(=O)N(Cl)c2cc(OC)cc(OC)c2)c1OCC. The summed E-state index contributed by atoms with van der Waals surface area (Å²) < 4.78 is 22.3. The van der Waals surface area contributed by atoms with Gasteiger partial charge in [-0.2, -0.15) is 10.2 Å². The zero-order valence-electron chi connectivity index (χ0n) is 18.9. The fourth-order valence-electron chi connectivity index (χ4n) is 2.75. The second-order valence-corrected chi connectivity index (χ2v) is 7.31. The molecule has 0 fully saturated rings. The van der Waals surface area contributed by atoms with Crippen molar-refractivity contribution in [1.29, 1.82) is 0 Å².